The van der Waals surface area contributed by atoms with Gasteiger partial charge in [0, 0.05) is 23.4 Å². The van der Waals surface area contributed by atoms with E-state index in [1.54, 1.807) is 0 Å². The van der Waals surface area contributed by atoms with Crippen molar-refractivity contribution in [1.82, 2.24) is 4.57 Å². The molecule has 36 heavy (non-hydrogen) atoms. The Morgan fingerprint density at radius 2 is 1.64 bits per heavy atom. The van der Waals surface area contributed by atoms with Crippen LogP contribution in [0.1, 0.15) is 42.9 Å². The van der Waals surface area contributed by atoms with Crippen molar-refractivity contribution in [3.8, 4) is 5.75 Å². The van der Waals surface area contributed by atoms with Crippen LogP contribution < -0.4 is 10.3 Å². The molecule has 2 atom stereocenters. The number of hydrogen-bond acceptors (Lipinski definition) is 11. The molecular formula is C18H15F3N4O11. The Labute approximate surface area is 196 Å². The van der Waals surface area contributed by atoms with Gasteiger partial charge in [0.15, 0.2) is 6.10 Å². The van der Waals surface area contributed by atoms with Gasteiger partial charge in [-0.15, -0.1) is 30.3 Å². The van der Waals surface area contributed by atoms with E-state index in [2.05, 4.69) is 9.68 Å². The molecule has 1 aliphatic rings. The van der Waals surface area contributed by atoms with Gasteiger partial charge in [-0.05, 0) is 38.1 Å². The van der Waals surface area contributed by atoms with Gasteiger partial charge in [0.25, 0.3) is 27.1 Å². The second-order valence-electron chi connectivity index (χ2n) is 7.85. The van der Waals surface area contributed by atoms with E-state index in [0.717, 1.165) is 24.4 Å². The van der Waals surface area contributed by atoms with Crippen molar-refractivity contribution in [2.75, 3.05) is 0 Å². The van der Waals surface area contributed by atoms with Crippen molar-refractivity contribution < 1.29 is 47.7 Å². The highest BCUT2D eigenvalue weighted by atomic mass is 19.4. The Bertz CT molecular complexity index is 1250. The monoisotopic (exact) mass is 520 g/mol. The standard InChI is InChI=1S/C18H15F3N4O11/c1-17(2)15(34-23(27)28)14(11-7-10(18(19,20)21)4-5-12(11)33-17)22-8-9(3-6-13(22)26)16(35-24(29)30)36-25(31)32/h3-8,14-16H,1-2H3. The fourth-order valence-electron chi connectivity index (χ4n) is 3.68. The maximum Gasteiger partial charge on any atom is 0.416 e. The first-order valence-electron chi connectivity index (χ1n) is 9.66. The number of pyridine rings is 1. The van der Waals surface area contributed by atoms with E-state index in [0.29, 0.717) is 16.7 Å². The molecule has 0 saturated carbocycles. The summed E-state index contributed by atoms with van der Waals surface area (Å²) in [7, 11) is 0. The van der Waals surface area contributed by atoms with Gasteiger partial charge in [0.05, 0.1) is 11.6 Å². The van der Waals surface area contributed by atoms with E-state index in [-0.39, 0.29) is 11.3 Å². The first kappa shape index (κ1) is 26.0. The van der Waals surface area contributed by atoms with Crippen LogP contribution in [0.3, 0.4) is 0 Å². The number of ether oxygens (including phenoxy) is 1. The lowest BCUT2D eigenvalue weighted by Gasteiger charge is -2.44. The second kappa shape index (κ2) is 9.19. The van der Waals surface area contributed by atoms with E-state index in [1.807, 2.05) is 0 Å². The zero-order chi connectivity index (χ0) is 27.0. The van der Waals surface area contributed by atoms with Gasteiger partial charge in [-0.25, -0.2) is 0 Å². The summed E-state index contributed by atoms with van der Waals surface area (Å²) in [5.74, 6) is -0.168. The molecule has 0 radical (unpaired) electrons. The van der Waals surface area contributed by atoms with Crippen LogP contribution in [0.25, 0.3) is 0 Å². The maximum absolute atomic E-state index is 13.4. The van der Waals surface area contributed by atoms with Gasteiger partial charge in [-0.1, -0.05) is 0 Å². The molecule has 0 aliphatic carbocycles. The van der Waals surface area contributed by atoms with Crippen LogP contribution >= 0.6 is 0 Å². The molecule has 2 unspecified atom stereocenters. The van der Waals surface area contributed by atoms with Crippen molar-refractivity contribution in [3.05, 3.63) is 93.9 Å². The number of aromatic nitrogens is 1. The van der Waals surface area contributed by atoms with Gasteiger partial charge in [-0.3, -0.25) is 14.5 Å². The summed E-state index contributed by atoms with van der Waals surface area (Å²) >= 11 is 0. The molecule has 0 spiro atoms. The van der Waals surface area contributed by atoms with Crippen LogP contribution in [0.4, 0.5) is 13.2 Å². The fourth-order valence-corrected chi connectivity index (χ4v) is 3.68. The number of nitrogens with zero attached hydrogens (tertiary/aromatic N) is 4. The average molecular weight is 520 g/mol. The van der Waals surface area contributed by atoms with Crippen LogP contribution in [0.2, 0.25) is 0 Å². The molecule has 0 saturated heterocycles. The predicted octanol–water partition coefficient (Wildman–Crippen LogP) is 2.62. The molecule has 0 bridgehead atoms. The Kier molecular flexibility index (Phi) is 6.63. The van der Waals surface area contributed by atoms with Crippen molar-refractivity contribution in [2.45, 2.75) is 44.1 Å². The van der Waals surface area contributed by atoms with E-state index >= 15 is 0 Å². The van der Waals surface area contributed by atoms with Crippen LogP contribution in [0, 0.1) is 30.3 Å². The van der Waals surface area contributed by atoms with E-state index < -0.39 is 62.2 Å². The zero-order valence-corrected chi connectivity index (χ0v) is 18.1. The number of hydrogen-bond donors (Lipinski definition) is 0. The normalized spacial score (nSPS) is 18.5. The molecule has 0 amide bonds. The molecular weight excluding hydrogens is 505 g/mol. The highest BCUT2D eigenvalue weighted by Crippen LogP contribution is 2.45. The molecule has 1 aliphatic heterocycles. The van der Waals surface area contributed by atoms with Crippen LogP contribution in [-0.4, -0.2) is 31.5 Å². The zero-order valence-electron chi connectivity index (χ0n) is 18.1. The molecule has 1 aromatic carbocycles. The van der Waals surface area contributed by atoms with Crippen LogP contribution in [0.5, 0.6) is 5.75 Å². The van der Waals surface area contributed by atoms with Crippen molar-refractivity contribution in [3.63, 3.8) is 0 Å². The number of fused-ring (bicyclic) bond motifs is 1. The van der Waals surface area contributed by atoms with Crippen molar-refractivity contribution in [2.24, 2.45) is 0 Å². The smallest absolute Gasteiger partial charge is 0.416 e. The summed E-state index contributed by atoms with van der Waals surface area (Å²) in [5.41, 5.74) is -4.57. The van der Waals surface area contributed by atoms with Crippen molar-refractivity contribution >= 4 is 0 Å². The molecule has 2 heterocycles. The molecule has 18 heteroatoms. The quantitative estimate of drug-likeness (QED) is 0.283. The predicted molar refractivity (Wildman–Crippen MR) is 106 cm³/mol. The number of alkyl halides is 3. The number of halogens is 3. The molecule has 0 fully saturated rings. The third kappa shape index (κ3) is 5.36. The van der Waals surface area contributed by atoms with Gasteiger partial charge in [0.2, 0.25) is 0 Å². The largest absolute Gasteiger partial charge is 0.485 e. The Morgan fingerprint density at radius 3 is 2.17 bits per heavy atom. The van der Waals surface area contributed by atoms with E-state index in [9.17, 15) is 48.3 Å². The average Bonchev–Trinajstić information content (AvgIpc) is 2.72. The third-order valence-corrected chi connectivity index (χ3v) is 5.10. The minimum absolute atomic E-state index is 0.168. The minimum Gasteiger partial charge on any atom is -0.485 e. The topological polar surface area (TPSA) is 188 Å². The molecule has 3 rings (SSSR count). The summed E-state index contributed by atoms with van der Waals surface area (Å²) in [4.78, 5) is 58.5. The highest BCUT2D eigenvalue weighted by Gasteiger charge is 2.49. The Balaban J connectivity index is 2.28. The number of benzene rings is 1. The first-order chi connectivity index (χ1) is 16.6. The molecule has 15 nitrogen and oxygen atoms in total. The summed E-state index contributed by atoms with van der Waals surface area (Å²) in [6.45, 7) is 2.64. The van der Waals surface area contributed by atoms with Gasteiger partial charge in [0.1, 0.15) is 11.4 Å². The lowest BCUT2D eigenvalue weighted by molar-refractivity contribution is -0.855. The molecule has 0 N–H and O–H groups in total. The van der Waals surface area contributed by atoms with Crippen molar-refractivity contribution in [1.29, 1.82) is 0 Å². The maximum atomic E-state index is 13.4. The molecule has 1 aromatic heterocycles. The highest BCUT2D eigenvalue weighted by molar-refractivity contribution is 5.44. The fraction of sp³-hybridized carbons (Fsp3) is 0.389. The first-order valence-corrected chi connectivity index (χ1v) is 9.66. The summed E-state index contributed by atoms with van der Waals surface area (Å²) < 4.78 is 46.6. The second-order valence-corrected chi connectivity index (χ2v) is 7.85. The summed E-state index contributed by atoms with van der Waals surface area (Å²) in [5, 5.41) is 28.7. The summed E-state index contributed by atoms with van der Waals surface area (Å²) in [6.07, 6.45) is -8.12. The van der Waals surface area contributed by atoms with Gasteiger partial charge < -0.3 is 14.1 Å². The van der Waals surface area contributed by atoms with Gasteiger partial charge >= 0.3 is 6.18 Å². The van der Waals surface area contributed by atoms with Crippen LogP contribution in [-0.2, 0) is 20.7 Å². The van der Waals surface area contributed by atoms with Gasteiger partial charge in [-0.2, -0.15) is 13.2 Å². The van der Waals surface area contributed by atoms with Crippen LogP contribution in [0.15, 0.2) is 41.3 Å². The Hall–Kier alpha value is -4.64. The van der Waals surface area contributed by atoms with E-state index in [4.69, 9.17) is 9.57 Å². The lowest BCUT2D eigenvalue weighted by Crippen LogP contribution is -2.54. The van der Waals surface area contributed by atoms with E-state index in [1.165, 1.54) is 13.8 Å². The summed E-state index contributed by atoms with van der Waals surface area (Å²) in [6, 6.07) is 2.22. The SMILES string of the molecule is CC1(C)Oc2ccc(C(F)(F)F)cc2C(n2cc(C(O[N+](=O)[O-])O[N+](=O)[O-])ccc2=O)C1O[N+](=O)[O-]. The third-order valence-electron chi connectivity index (χ3n) is 5.10. The molecule has 2 aromatic rings. The number of rotatable bonds is 8. The lowest BCUT2D eigenvalue weighted by atomic mass is 9.85. The Morgan fingerprint density at radius 1 is 1.03 bits per heavy atom. The minimum atomic E-state index is -4.84. The molecule has 194 valence electrons.